The van der Waals surface area contributed by atoms with Gasteiger partial charge in [0.05, 0.1) is 12.3 Å². The Kier molecular flexibility index (Phi) is 6.59. The van der Waals surface area contributed by atoms with E-state index in [4.69, 9.17) is 0 Å². The fourth-order valence-electron chi connectivity index (χ4n) is 4.57. The summed E-state index contributed by atoms with van der Waals surface area (Å²) >= 11 is 0. The van der Waals surface area contributed by atoms with Crippen LogP contribution in [0.5, 0.6) is 0 Å². The molecule has 0 spiro atoms. The summed E-state index contributed by atoms with van der Waals surface area (Å²) in [6, 6.07) is 0. The monoisotopic (exact) mass is 403 g/mol. The molecule has 0 amide bonds. The van der Waals surface area contributed by atoms with Crippen LogP contribution < -0.4 is 5.32 Å². The Labute approximate surface area is 162 Å². The third kappa shape index (κ3) is 4.24. The number of sulfonamides is 1. The first-order valence-corrected chi connectivity index (χ1v) is 11.3. The van der Waals surface area contributed by atoms with Crippen LogP contribution in [0.1, 0.15) is 62.5 Å². The number of aromatic nitrogens is 3. The summed E-state index contributed by atoms with van der Waals surface area (Å²) in [6.45, 7) is 3.90. The van der Waals surface area contributed by atoms with Crippen molar-refractivity contribution in [3.05, 3.63) is 11.6 Å². The zero-order valence-corrected chi connectivity index (χ0v) is 16.9. The normalized spacial score (nSPS) is 23.4. The molecular formula is C17H30ClN5O2S. The summed E-state index contributed by atoms with van der Waals surface area (Å²) in [4.78, 5) is 0. The first-order chi connectivity index (χ1) is 12.1. The molecule has 26 heavy (non-hydrogen) atoms. The lowest BCUT2D eigenvalue weighted by Crippen LogP contribution is -2.41. The van der Waals surface area contributed by atoms with Gasteiger partial charge in [-0.3, -0.25) is 0 Å². The van der Waals surface area contributed by atoms with Gasteiger partial charge in [-0.05, 0) is 31.6 Å². The molecule has 1 N–H and O–H groups in total. The van der Waals surface area contributed by atoms with E-state index in [9.17, 15) is 8.42 Å². The van der Waals surface area contributed by atoms with E-state index in [1.807, 2.05) is 0 Å². The Hall–Kier alpha value is -0.700. The van der Waals surface area contributed by atoms with Crippen LogP contribution in [0.3, 0.4) is 0 Å². The van der Waals surface area contributed by atoms with E-state index in [-0.39, 0.29) is 12.4 Å². The van der Waals surface area contributed by atoms with Crippen LogP contribution in [-0.4, -0.2) is 52.9 Å². The molecule has 148 valence electrons. The fourth-order valence-corrected chi connectivity index (χ4v) is 6.47. The Morgan fingerprint density at radius 1 is 1.00 bits per heavy atom. The molecule has 9 heteroatoms. The van der Waals surface area contributed by atoms with Crippen molar-refractivity contribution in [2.24, 2.45) is 5.92 Å². The van der Waals surface area contributed by atoms with Crippen LogP contribution in [0, 0.1) is 5.92 Å². The number of hydrogen-bond acceptors (Lipinski definition) is 5. The lowest BCUT2D eigenvalue weighted by molar-refractivity contribution is 0.301. The van der Waals surface area contributed by atoms with Crippen LogP contribution in [0.4, 0.5) is 0 Å². The van der Waals surface area contributed by atoms with E-state index in [0.29, 0.717) is 30.7 Å². The van der Waals surface area contributed by atoms with E-state index >= 15 is 0 Å². The Morgan fingerprint density at radius 2 is 1.73 bits per heavy atom. The van der Waals surface area contributed by atoms with Gasteiger partial charge in [-0.1, -0.05) is 19.3 Å². The average Bonchev–Trinajstić information content (AvgIpc) is 3.06. The summed E-state index contributed by atoms with van der Waals surface area (Å²) in [5, 5.41) is 12.0. The quantitative estimate of drug-likeness (QED) is 0.830. The summed E-state index contributed by atoms with van der Waals surface area (Å²) in [5.41, 5.74) is 0. The second kappa shape index (κ2) is 8.54. The van der Waals surface area contributed by atoms with E-state index in [0.717, 1.165) is 57.0 Å². The van der Waals surface area contributed by atoms with Crippen molar-refractivity contribution in [2.75, 3.05) is 25.4 Å². The number of rotatable bonds is 4. The third-order valence-corrected chi connectivity index (χ3v) is 8.08. The fraction of sp³-hybridized carbons (Fsp3) is 0.882. The summed E-state index contributed by atoms with van der Waals surface area (Å²) in [7, 11) is -3.11. The number of nitrogens with one attached hydrogen (secondary N) is 1. The maximum Gasteiger partial charge on any atom is 0.214 e. The molecule has 3 aliphatic rings. The lowest BCUT2D eigenvalue weighted by Gasteiger charge is -2.33. The molecule has 1 aromatic rings. The zero-order valence-electron chi connectivity index (χ0n) is 15.3. The van der Waals surface area contributed by atoms with Crippen LogP contribution in [0.15, 0.2) is 0 Å². The average molecular weight is 404 g/mol. The molecule has 0 radical (unpaired) electrons. The maximum atomic E-state index is 12.8. The van der Waals surface area contributed by atoms with Gasteiger partial charge < -0.3 is 9.88 Å². The molecule has 0 atom stereocenters. The Morgan fingerprint density at radius 3 is 2.46 bits per heavy atom. The minimum absolute atomic E-state index is 0. The van der Waals surface area contributed by atoms with Crippen molar-refractivity contribution < 1.29 is 8.42 Å². The maximum absolute atomic E-state index is 12.8. The Bertz CT molecular complexity index is 694. The van der Waals surface area contributed by atoms with Gasteiger partial charge >= 0.3 is 0 Å². The largest absolute Gasteiger partial charge is 0.312 e. The van der Waals surface area contributed by atoms with Crippen molar-refractivity contribution in [3.63, 3.8) is 0 Å². The van der Waals surface area contributed by atoms with Gasteiger partial charge in [-0.15, -0.1) is 22.6 Å². The molecule has 7 nitrogen and oxygen atoms in total. The number of fused-ring (bicyclic) bond motifs is 1. The third-order valence-electron chi connectivity index (χ3n) is 6.03. The van der Waals surface area contributed by atoms with Gasteiger partial charge in [0.1, 0.15) is 11.6 Å². The highest BCUT2D eigenvalue weighted by atomic mass is 35.5. The van der Waals surface area contributed by atoms with Crippen molar-refractivity contribution in [1.82, 2.24) is 24.4 Å². The number of halogens is 1. The van der Waals surface area contributed by atoms with Gasteiger partial charge in [0.15, 0.2) is 0 Å². The highest BCUT2D eigenvalue weighted by molar-refractivity contribution is 7.89. The molecule has 0 aromatic carbocycles. The predicted molar refractivity (Wildman–Crippen MR) is 103 cm³/mol. The van der Waals surface area contributed by atoms with Gasteiger partial charge in [-0.25, -0.2) is 12.7 Å². The van der Waals surface area contributed by atoms with E-state index in [1.54, 1.807) is 4.31 Å². The molecule has 2 fully saturated rings. The summed E-state index contributed by atoms with van der Waals surface area (Å²) in [5.74, 6) is 3.12. The second-order valence-electron chi connectivity index (χ2n) is 7.76. The summed E-state index contributed by atoms with van der Waals surface area (Å²) in [6.07, 6.45) is 7.51. The van der Waals surface area contributed by atoms with E-state index in [2.05, 4.69) is 20.1 Å². The van der Waals surface area contributed by atoms with Gasteiger partial charge in [0.25, 0.3) is 0 Å². The highest BCUT2D eigenvalue weighted by Crippen LogP contribution is 2.31. The molecule has 1 aromatic heterocycles. The SMILES string of the molecule is Cl.O=S(=O)(CC1CCCCC1)N1CCC(c2nnc3n2CCNC3)CC1. The number of hydrogen-bond donors (Lipinski definition) is 1. The first-order valence-electron chi connectivity index (χ1n) is 9.74. The van der Waals surface area contributed by atoms with E-state index in [1.165, 1.54) is 19.3 Å². The number of piperidine rings is 1. The van der Waals surface area contributed by atoms with Gasteiger partial charge in [-0.2, -0.15) is 0 Å². The Balaban J connectivity index is 0.00000196. The molecule has 4 rings (SSSR count). The molecule has 3 heterocycles. The molecule has 1 saturated heterocycles. The molecular weight excluding hydrogens is 374 g/mol. The number of nitrogens with zero attached hydrogens (tertiary/aromatic N) is 4. The highest BCUT2D eigenvalue weighted by Gasteiger charge is 2.33. The van der Waals surface area contributed by atoms with Gasteiger partial charge in [0.2, 0.25) is 10.0 Å². The van der Waals surface area contributed by atoms with Crippen LogP contribution in [0.25, 0.3) is 0 Å². The first kappa shape index (κ1) is 20.0. The minimum atomic E-state index is -3.11. The standard InChI is InChI=1S/C17H29N5O2S.ClH/c23-25(24,13-14-4-2-1-3-5-14)21-9-6-15(7-10-21)17-20-19-16-12-18-8-11-22(16)17;/h14-15,18H,1-13H2;1H. The molecule has 2 aliphatic heterocycles. The van der Waals surface area contributed by atoms with E-state index < -0.39 is 10.0 Å². The summed E-state index contributed by atoms with van der Waals surface area (Å²) < 4.78 is 29.5. The van der Waals surface area contributed by atoms with Crippen LogP contribution in [0.2, 0.25) is 0 Å². The topological polar surface area (TPSA) is 80.1 Å². The van der Waals surface area contributed by atoms with Crippen molar-refractivity contribution >= 4 is 22.4 Å². The van der Waals surface area contributed by atoms with Crippen LogP contribution >= 0.6 is 12.4 Å². The van der Waals surface area contributed by atoms with Gasteiger partial charge in [0, 0.05) is 32.1 Å². The lowest BCUT2D eigenvalue weighted by atomic mass is 9.91. The smallest absolute Gasteiger partial charge is 0.214 e. The van der Waals surface area contributed by atoms with Crippen molar-refractivity contribution in [1.29, 1.82) is 0 Å². The second-order valence-corrected chi connectivity index (χ2v) is 9.77. The zero-order chi connectivity index (χ0) is 17.3. The predicted octanol–water partition coefficient (Wildman–Crippen LogP) is 1.89. The van der Waals surface area contributed by atoms with Crippen molar-refractivity contribution in [3.8, 4) is 0 Å². The van der Waals surface area contributed by atoms with Crippen LogP contribution in [-0.2, 0) is 23.1 Å². The molecule has 1 saturated carbocycles. The minimum Gasteiger partial charge on any atom is -0.312 e. The molecule has 0 unspecified atom stereocenters. The molecule has 0 bridgehead atoms. The molecule has 1 aliphatic carbocycles. The van der Waals surface area contributed by atoms with Crippen molar-refractivity contribution in [2.45, 2.75) is 64.0 Å².